The number of carbonyl (C=O) groups is 2. The van der Waals surface area contributed by atoms with Crippen LogP contribution in [0.1, 0.15) is 55.4 Å². The number of fused-ring (bicyclic) bond motifs is 1. The molecular weight excluding hydrogens is 546 g/mol. The van der Waals surface area contributed by atoms with Crippen molar-refractivity contribution in [3.05, 3.63) is 53.2 Å². The summed E-state index contributed by atoms with van der Waals surface area (Å²) in [6.45, 7) is 4.06. The Morgan fingerprint density at radius 2 is 2.00 bits per heavy atom. The normalized spacial score (nSPS) is 22.5. The molecule has 2 aliphatic rings. The van der Waals surface area contributed by atoms with Gasteiger partial charge in [-0.25, -0.2) is 37.1 Å². The molecule has 2 aromatic rings. The number of alkyl halides is 1. The standard InChI is InChI=1S/C25H28F2N8O4S/c1-24(2,3)39-23(37)33-22-34-25(14-26,15-40(38)30-10-4-5-11-35(22)40)20-17(27)7-9-19(31-20)32-21(36)18-8-6-16(12-28)13-29-18/h6-9,13H,4-5,10-11,14-15H2,1-3H3,(H,31,32,36)(H,33,34,37)/t25-,40-/m0/s1. The van der Waals surface area contributed by atoms with E-state index in [2.05, 4.69) is 30.0 Å². The highest BCUT2D eigenvalue weighted by Crippen LogP contribution is 2.36. The zero-order valence-corrected chi connectivity index (χ0v) is 22.9. The molecule has 4 heterocycles. The number of rotatable bonds is 4. The van der Waals surface area contributed by atoms with Gasteiger partial charge in [-0.1, -0.05) is 0 Å². The lowest BCUT2D eigenvalue weighted by molar-refractivity contribution is 0.0558. The molecule has 0 aromatic carbocycles. The number of hydrogen-bond acceptors (Lipinski definition) is 9. The van der Waals surface area contributed by atoms with Gasteiger partial charge in [0.1, 0.15) is 51.3 Å². The lowest BCUT2D eigenvalue weighted by Crippen LogP contribution is -2.57. The topological polar surface area (TPSA) is 162 Å². The maximum absolute atomic E-state index is 15.3. The van der Waals surface area contributed by atoms with Crippen LogP contribution in [0.3, 0.4) is 0 Å². The predicted octanol–water partition coefficient (Wildman–Crippen LogP) is 3.28. The van der Waals surface area contributed by atoms with Gasteiger partial charge in [0.25, 0.3) is 5.91 Å². The van der Waals surface area contributed by atoms with Gasteiger partial charge in [-0.3, -0.25) is 14.4 Å². The van der Waals surface area contributed by atoms with Crippen LogP contribution in [0.2, 0.25) is 0 Å². The largest absolute Gasteiger partial charge is 0.444 e. The Kier molecular flexibility index (Phi) is 8.01. The molecule has 2 atom stereocenters. The van der Waals surface area contributed by atoms with Crippen LogP contribution < -0.4 is 10.6 Å². The number of pyridine rings is 2. The molecule has 15 heteroatoms. The second-order valence-electron chi connectivity index (χ2n) is 10.2. The molecule has 2 aromatic heterocycles. The van der Waals surface area contributed by atoms with Gasteiger partial charge in [-0.15, -0.1) is 0 Å². The Morgan fingerprint density at radius 1 is 1.23 bits per heavy atom. The van der Waals surface area contributed by atoms with E-state index < -0.39 is 57.0 Å². The average molecular weight is 575 g/mol. The number of hydrogen-bond donors (Lipinski definition) is 2. The zero-order valence-electron chi connectivity index (χ0n) is 22.1. The van der Waals surface area contributed by atoms with E-state index in [1.54, 1.807) is 20.8 Å². The fourth-order valence-electron chi connectivity index (χ4n) is 4.10. The van der Waals surface area contributed by atoms with E-state index in [0.717, 1.165) is 6.07 Å². The predicted molar refractivity (Wildman–Crippen MR) is 142 cm³/mol. The van der Waals surface area contributed by atoms with Crippen LogP contribution in [-0.2, 0) is 20.2 Å². The van der Waals surface area contributed by atoms with Crippen molar-refractivity contribution >= 4 is 33.7 Å². The molecule has 212 valence electrons. The SMILES string of the molecule is CC(C)(C)OC(=O)NC1=N[C@](CF)(c2nc(NC(=O)c3ccc(C#N)cn3)ccc2F)C[S@]2(=O)=NCCCCN12. The van der Waals surface area contributed by atoms with Gasteiger partial charge in [0, 0.05) is 12.7 Å². The summed E-state index contributed by atoms with van der Waals surface area (Å²) in [4.78, 5) is 37.7. The number of anilines is 1. The highest BCUT2D eigenvalue weighted by atomic mass is 32.2. The molecule has 0 fully saturated rings. The first-order valence-corrected chi connectivity index (χ1v) is 14.0. The third-order valence-electron chi connectivity index (χ3n) is 5.88. The molecule has 0 spiro atoms. The number of aliphatic imine (C=N–C) groups is 1. The Morgan fingerprint density at radius 3 is 2.65 bits per heavy atom. The first kappa shape index (κ1) is 28.8. The van der Waals surface area contributed by atoms with Crippen molar-refractivity contribution < 1.29 is 27.3 Å². The fourth-order valence-corrected chi connectivity index (χ4v) is 6.58. The molecule has 0 saturated carbocycles. The molecule has 0 radical (unpaired) electrons. The van der Waals surface area contributed by atoms with Crippen molar-refractivity contribution in [2.75, 3.05) is 30.8 Å². The quantitative estimate of drug-likeness (QED) is 0.566. The second-order valence-corrected chi connectivity index (χ2v) is 12.4. The van der Waals surface area contributed by atoms with E-state index >= 15 is 4.39 Å². The first-order chi connectivity index (χ1) is 18.9. The number of nitrogens with one attached hydrogen (secondary N) is 2. The zero-order chi connectivity index (χ0) is 29.1. The lowest BCUT2D eigenvalue weighted by Gasteiger charge is -2.39. The van der Waals surface area contributed by atoms with Gasteiger partial charge < -0.3 is 10.1 Å². The molecule has 40 heavy (non-hydrogen) atoms. The summed E-state index contributed by atoms with van der Waals surface area (Å²) in [7, 11) is -3.39. The van der Waals surface area contributed by atoms with Gasteiger partial charge in [0.2, 0.25) is 5.96 Å². The van der Waals surface area contributed by atoms with Gasteiger partial charge in [-0.2, -0.15) is 5.26 Å². The van der Waals surface area contributed by atoms with Crippen molar-refractivity contribution in [2.24, 2.45) is 9.36 Å². The van der Waals surface area contributed by atoms with Crippen LogP contribution in [0.4, 0.5) is 19.4 Å². The Balaban J connectivity index is 1.75. The molecule has 0 saturated heterocycles. The summed E-state index contributed by atoms with van der Waals surface area (Å²) in [5.74, 6) is -2.62. The summed E-state index contributed by atoms with van der Waals surface area (Å²) in [5.41, 5.74) is -3.32. The van der Waals surface area contributed by atoms with Gasteiger partial charge in [-0.05, 0) is 57.9 Å². The number of carbonyl (C=O) groups excluding carboxylic acids is 2. The van der Waals surface area contributed by atoms with Crippen molar-refractivity contribution in [3.8, 4) is 6.07 Å². The summed E-state index contributed by atoms with van der Waals surface area (Å²) in [5, 5.41) is 13.8. The summed E-state index contributed by atoms with van der Waals surface area (Å²) >= 11 is 0. The average Bonchev–Trinajstić information content (AvgIpc) is 3.09. The number of ether oxygens (including phenoxy) is 1. The van der Waals surface area contributed by atoms with Crippen LogP contribution in [-0.4, -0.2) is 67.6 Å². The van der Waals surface area contributed by atoms with Crippen LogP contribution in [0.25, 0.3) is 0 Å². The number of nitriles is 1. The molecule has 0 bridgehead atoms. The first-order valence-electron chi connectivity index (χ1n) is 12.4. The molecule has 2 amide bonds. The number of aromatic nitrogens is 2. The second kappa shape index (κ2) is 11.1. The van der Waals surface area contributed by atoms with Crippen LogP contribution in [0.5, 0.6) is 0 Å². The number of guanidine groups is 1. The molecule has 2 N–H and O–H groups in total. The minimum atomic E-state index is -3.39. The van der Waals surface area contributed by atoms with Gasteiger partial charge >= 0.3 is 6.09 Å². The number of alkyl carbamates (subject to hydrolysis) is 1. The molecule has 0 unspecified atom stereocenters. The number of nitrogens with zero attached hydrogens (tertiary/aromatic N) is 6. The van der Waals surface area contributed by atoms with E-state index in [1.165, 1.54) is 28.7 Å². The third kappa shape index (κ3) is 6.17. The van der Waals surface area contributed by atoms with E-state index in [0.29, 0.717) is 12.8 Å². The molecule has 12 nitrogen and oxygen atoms in total. The Bertz CT molecular complexity index is 1510. The number of amides is 2. The minimum Gasteiger partial charge on any atom is -0.444 e. The smallest absolute Gasteiger partial charge is 0.414 e. The Labute approximate surface area is 230 Å². The van der Waals surface area contributed by atoms with Gasteiger partial charge in [0.05, 0.1) is 17.9 Å². The molecule has 4 rings (SSSR count). The van der Waals surface area contributed by atoms with Crippen LogP contribution in [0.15, 0.2) is 39.8 Å². The van der Waals surface area contributed by atoms with Crippen molar-refractivity contribution in [1.29, 1.82) is 5.26 Å². The molecular formula is C25H28F2N8O4S. The maximum atomic E-state index is 15.3. The third-order valence-corrected chi connectivity index (χ3v) is 8.36. The summed E-state index contributed by atoms with van der Waals surface area (Å²) < 4.78 is 55.3. The highest BCUT2D eigenvalue weighted by molar-refractivity contribution is 7.92. The minimum absolute atomic E-state index is 0.0396. The fraction of sp³-hybridized carbons (Fsp3) is 0.440. The molecule has 0 aliphatic carbocycles. The van der Waals surface area contributed by atoms with E-state index in [-0.39, 0.29) is 36.1 Å². The maximum Gasteiger partial charge on any atom is 0.414 e. The summed E-state index contributed by atoms with van der Waals surface area (Å²) in [6, 6.07) is 6.76. The van der Waals surface area contributed by atoms with Crippen molar-refractivity contribution in [3.63, 3.8) is 0 Å². The van der Waals surface area contributed by atoms with Gasteiger partial charge in [0.15, 0.2) is 5.54 Å². The molecule has 2 aliphatic heterocycles. The summed E-state index contributed by atoms with van der Waals surface area (Å²) in [6.07, 6.45) is 1.48. The van der Waals surface area contributed by atoms with Crippen molar-refractivity contribution in [1.82, 2.24) is 19.6 Å². The Hall–Kier alpha value is -4.19. The van der Waals surface area contributed by atoms with Crippen LogP contribution >= 0.6 is 0 Å². The number of halogens is 2. The van der Waals surface area contributed by atoms with E-state index in [1.807, 2.05) is 6.07 Å². The lowest BCUT2D eigenvalue weighted by atomic mass is 9.98. The van der Waals surface area contributed by atoms with E-state index in [4.69, 9.17) is 10.00 Å². The highest BCUT2D eigenvalue weighted by Gasteiger charge is 2.48. The van der Waals surface area contributed by atoms with E-state index in [9.17, 15) is 18.2 Å². The monoisotopic (exact) mass is 574 g/mol. The van der Waals surface area contributed by atoms with Crippen molar-refractivity contribution in [2.45, 2.75) is 44.8 Å². The van der Waals surface area contributed by atoms with Crippen LogP contribution in [0, 0.1) is 17.1 Å².